The summed E-state index contributed by atoms with van der Waals surface area (Å²) in [5.74, 6) is -0.0338. The molecule has 0 aromatic carbocycles. The standard InChI is InChI=1S/C10H22N2O3/c1-10(2,3)12-8(13)6-11-7-9(14-4)15-5/h9,11H,6-7H2,1-5H3,(H,12,13). The van der Waals surface area contributed by atoms with Gasteiger partial charge in [-0.05, 0) is 20.8 Å². The van der Waals surface area contributed by atoms with E-state index in [9.17, 15) is 4.79 Å². The van der Waals surface area contributed by atoms with Crippen molar-refractivity contribution in [3.05, 3.63) is 0 Å². The largest absolute Gasteiger partial charge is 0.355 e. The van der Waals surface area contributed by atoms with E-state index in [2.05, 4.69) is 10.6 Å². The smallest absolute Gasteiger partial charge is 0.234 e. The van der Waals surface area contributed by atoms with Crippen LogP contribution >= 0.6 is 0 Å². The van der Waals surface area contributed by atoms with Crippen LogP contribution in [0.2, 0.25) is 0 Å². The first kappa shape index (κ1) is 14.3. The number of carbonyl (C=O) groups is 1. The van der Waals surface area contributed by atoms with Crippen LogP contribution < -0.4 is 10.6 Å². The number of hydrogen-bond acceptors (Lipinski definition) is 4. The molecule has 0 radical (unpaired) electrons. The fraction of sp³-hybridized carbons (Fsp3) is 0.900. The second kappa shape index (κ2) is 6.76. The van der Waals surface area contributed by atoms with Gasteiger partial charge in [-0.25, -0.2) is 0 Å². The first-order valence-corrected chi connectivity index (χ1v) is 4.96. The molecule has 0 spiro atoms. The molecule has 5 heteroatoms. The summed E-state index contributed by atoms with van der Waals surface area (Å²) < 4.78 is 9.93. The Morgan fingerprint density at radius 3 is 2.20 bits per heavy atom. The second-order valence-corrected chi connectivity index (χ2v) is 4.33. The molecule has 0 aromatic rings. The summed E-state index contributed by atoms with van der Waals surface area (Å²) >= 11 is 0. The number of hydrogen-bond donors (Lipinski definition) is 2. The zero-order valence-corrected chi connectivity index (χ0v) is 10.2. The van der Waals surface area contributed by atoms with Crippen LogP contribution in [0.5, 0.6) is 0 Å². The van der Waals surface area contributed by atoms with E-state index in [-0.39, 0.29) is 24.3 Å². The molecule has 0 heterocycles. The highest BCUT2D eigenvalue weighted by Gasteiger charge is 2.13. The number of rotatable bonds is 6. The van der Waals surface area contributed by atoms with Crippen LogP contribution in [0.3, 0.4) is 0 Å². The van der Waals surface area contributed by atoms with E-state index in [0.717, 1.165) is 0 Å². The van der Waals surface area contributed by atoms with Crippen LogP contribution in [0.4, 0.5) is 0 Å². The molecule has 0 rings (SSSR count). The maximum Gasteiger partial charge on any atom is 0.234 e. The third-order valence-corrected chi connectivity index (χ3v) is 1.64. The topological polar surface area (TPSA) is 59.6 Å². The van der Waals surface area contributed by atoms with Crippen molar-refractivity contribution in [2.75, 3.05) is 27.3 Å². The molecule has 90 valence electrons. The lowest BCUT2D eigenvalue weighted by atomic mass is 10.1. The van der Waals surface area contributed by atoms with Crippen molar-refractivity contribution >= 4 is 5.91 Å². The number of nitrogens with one attached hydrogen (secondary N) is 2. The van der Waals surface area contributed by atoms with Gasteiger partial charge in [0.2, 0.25) is 5.91 Å². The molecular weight excluding hydrogens is 196 g/mol. The van der Waals surface area contributed by atoms with Gasteiger partial charge in [-0.1, -0.05) is 0 Å². The molecule has 0 aliphatic carbocycles. The molecule has 0 bridgehead atoms. The maximum atomic E-state index is 11.4. The highest BCUT2D eigenvalue weighted by molar-refractivity contribution is 5.78. The zero-order chi connectivity index (χ0) is 11.9. The molecule has 0 aromatic heterocycles. The Labute approximate surface area is 91.5 Å². The first-order chi connectivity index (χ1) is 6.89. The Bertz CT molecular complexity index is 186. The highest BCUT2D eigenvalue weighted by atomic mass is 16.7. The van der Waals surface area contributed by atoms with E-state index in [1.807, 2.05) is 20.8 Å². The minimum Gasteiger partial charge on any atom is -0.355 e. The summed E-state index contributed by atoms with van der Waals surface area (Å²) in [5, 5.41) is 5.79. The van der Waals surface area contributed by atoms with Crippen molar-refractivity contribution in [3.63, 3.8) is 0 Å². The minimum absolute atomic E-state index is 0.0338. The third kappa shape index (κ3) is 8.35. The minimum atomic E-state index is -0.313. The molecule has 0 unspecified atom stereocenters. The summed E-state index contributed by atoms with van der Waals surface area (Å²) in [6.07, 6.45) is -0.313. The number of methoxy groups -OCH3 is 2. The fourth-order valence-corrected chi connectivity index (χ4v) is 1.03. The molecule has 0 atom stereocenters. The molecule has 0 saturated carbocycles. The van der Waals surface area contributed by atoms with E-state index in [4.69, 9.17) is 9.47 Å². The Morgan fingerprint density at radius 1 is 1.27 bits per heavy atom. The molecule has 15 heavy (non-hydrogen) atoms. The maximum absolute atomic E-state index is 11.4. The molecule has 1 amide bonds. The van der Waals surface area contributed by atoms with E-state index < -0.39 is 0 Å². The van der Waals surface area contributed by atoms with Gasteiger partial charge in [0.05, 0.1) is 6.54 Å². The van der Waals surface area contributed by atoms with E-state index in [1.54, 1.807) is 14.2 Å². The summed E-state index contributed by atoms with van der Waals surface area (Å²) in [6.45, 7) is 6.58. The van der Waals surface area contributed by atoms with Crippen LogP contribution in [-0.4, -0.2) is 45.0 Å². The van der Waals surface area contributed by atoms with E-state index in [1.165, 1.54) is 0 Å². The van der Waals surface area contributed by atoms with Crippen molar-refractivity contribution in [1.82, 2.24) is 10.6 Å². The van der Waals surface area contributed by atoms with Gasteiger partial charge in [0.1, 0.15) is 0 Å². The van der Waals surface area contributed by atoms with Gasteiger partial charge in [0, 0.05) is 26.3 Å². The Hall–Kier alpha value is -0.650. The molecule has 0 saturated heterocycles. The monoisotopic (exact) mass is 218 g/mol. The number of ether oxygens (including phenoxy) is 2. The summed E-state index contributed by atoms with van der Waals surface area (Å²) in [7, 11) is 3.12. The molecule has 5 nitrogen and oxygen atoms in total. The number of carbonyl (C=O) groups excluding carboxylic acids is 1. The molecule has 2 N–H and O–H groups in total. The zero-order valence-electron chi connectivity index (χ0n) is 10.2. The summed E-state index contributed by atoms with van der Waals surface area (Å²) in [6, 6.07) is 0. The van der Waals surface area contributed by atoms with Crippen molar-refractivity contribution in [2.24, 2.45) is 0 Å². The Morgan fingerprint density at radius 2 is 1.80 bits per heavy atom. The second-order valence-electron chi connectivity index (χ2n) is 4.33. The first-order valence-electron chi connectivity index (χ1n) is 4.96. The summed E-state index contributed by atoms with van der Waals surface area (Å²) in [4.78, 5) is 11.4. The fourth-order valence-electron chi connectivity index (χ4n) is 1.03. The van der Waals surface area contributed by atoms with Crippen molar-refractivity contribution in [1.29, 1.82) is 0 Å². The lowest BCUT2D eigenvalue weighted by Crippen LogP contribution is -2.46. The highest BCUT2D eigenvalue weighted by Crippen LogP contribution is 1.97. The van der Waals surface area contributed by atoms with E-state index in [0.29, 0.717) is 6.54 Å². The van der Waals surface area contributed by atoms with Gasteiger partial charge < -0.3 is 20.1 Å². The van der Waals surface area contributed by atoms with Crippen molar-refractivity contribution < 1.29 is 14.3 Å². The molecule has 0 aliphatic heterocycles. The predicted octanol–water partition coefficient (Wildman–Crippen LogP) is 0.110. The van der Waals surface area contributed by atoms with Crippen LogP contribution in [0, 0.1) is 0 Å². The average molecular weight is 218 g/mol. The van der Waals surface area contributed by atoms with Gasteiger partial charge in [0.15, 0.2) is 6.29 Å². The van der Waals surface area contributed by atoms with Crippen LogP contribution in [0.25, 0.3) is 0 Å². The SMILES string of the molecule is COC(CNCC(=O)NC(C)(C)C)OC. The lowest BCUT2D eigenvalue weighted by molar-refractivity contribution is -0.122. The lowest BCUT2D eigenvalue weighted by Gasteiger charge is -2.21. The average Bonchev–Trinajstić information content (AvgIpc) is 2.09. The molecule has 0 aliphatic rings. The van der Waals surface area contributed by atoms with Crippen LogP contribution in [0.1, 0.15) is 20.8 Å². The van der Waals surface area contributed by atoms with Crippen LogP contribution in [-0.2, 0) is 14.3 Å². The Balaban J connectivity index is 3.64. The number of amides is 1. The predicted molar refractivity (Wildman–Crippen MR) is 58.6 cm³/mol. The molecule has 0 fully saturated rings. The Kier molecular flexibility index (Phi) is 6.47. The molecular formula is C10H22N2O3. The van der Waals surface area contributed by atoms with Gasteiger partial charge in [-0.2, -0.15) is 0 Å². The van der Waals surface area contributed by atoms with E-state index >= 15 is 0 Å². The third-order valence-electron chi connectivity index (χ3n) is 1.64. The normalized spacial score (nSPS) is 11.9. The van der Waals surface area contributed by atoms with Gasteiger partial charge in [-0.3, -0.25) is 4.79 Å². The quantitative estimate of drug-likeness (QED) is 0.621. The van der Waals surface area contributed by atoms with Gasteiger partial charge in [-0.15, -0.1) is 0 Å². The van der Waals surface area contributed by atoms with Crippen molar-refractivity contribution in [2.45, 2.75) is 32.6 Å². The van der Waals surface area contributed by atoms with Gasteiger partial charge in [0.25, 0.3) is 0 Å². The van der Waals surface area contributed by atoms with Crippen molar-refractivity contribution in [3.8, 4) is 0 Å². The van der Waals surface area contributed by atoms with Gasteiger partial charge >= 0.3 is 0 Å². The summed E-state index contributed by atoms with van der Waals surface area (Å²) in [5.41, 5.74) is -0.194. The van der Waals surface area contributed by atoms with Crippen LogP contribution in [0.15, 0.2) is 0 Å².